The van der Waals surface area contributed by atoms with E-state index in [1.807, 2.05) is 7.11 Å². The van der Waals surface area contributed by atoms with Crippen LogP contribution in [0.1, 0.15) is 155 Å². The number of rotatable bonds is 13. The van der Waals surface area contributed by atoms with E-state index >= 15 is 0 Å². The third-order valence-corrected chi connectivity index (χ3v) is 24.2. The monoisotopic (exact) mass is 961 g/mol. The highest BCUT2D eigenvalue weighted by atomic mass is 16.6. The average Bonchev–Trinajstić information content (AvgIpc) is 4.25. The molecular formula is C60H84N2O8. The minimum absolute atomic E-state index is 0.0344. The molecule has 4 spiro atoms. The summed E-state index contributed by atoms with van der Waals surface area (Å²) in [5, 5.41) is 26.0. The minimum Gasteiger partial charge on any atom is -0.493 e. The number of nitrogens with zero attached hydrogens (tertiary/aromatic N) is 2. The fraction of sp³-hybridized carbons (Fsp3) is 0.800. The Hall–Kier alpha value is -2.60. The highest BCUT2D eigenvalue weighted by Gasteiger charge is 2.84. The lowest BCUT2D eigenvalue weighted by Crippen LogP contribution is -2.83. The number of hydrogen-bond donors (Lipinski definition) is 2. The smallest absolute Gasteiger partial charge is 0.165 e. The van der Waals surface area contributed by atoms with Crippen LogP contribution in [0, 0.1) is 45.3 Å². The van der Waals surface area contributed by atoms with Gasteiger partial charge in [0, 0.05) is 76.9 Å². The lowest BCUT2D eigenvalue weighted by molar-refractivity contribution is -0.319. The van der Waals surface area contributed by atoms with E-state index in [1.54, 1.807) is 7.11 Å². The lowest BCUT2D eigenvalue weighted by Gasteiger charge is -2.75. The molecule has 8 saturated carbocycles. The van der Waals surface area contributed by atoms with Crippen molar-refractivity contribution in [3.63, 3.8) is 0 Å². The van der Waals surface area contributed by atoms with Gasteiger partial charge in [0.15, 0.2) is 23.0 Å². The van der Waals surface area contributed by atoms with Crippen molar-refractivity contribution in [2.45, 2.75) is 203 Å². The molecule has 14 atom stereocenters. The standard InChI is InChI=1S/C60H84N2O8/c1-51(2,3)53(7,63)41-31-55-19-21-59(41,66-10)49-57(55)23-25-61(33-35-11-12-35)43(55)30-38-16-18-40(48(70-49)46(38)57)67-27-28-68-60-22-20-56(32-42(60)54(8,64)52(4,5)6)44-29-37-15-17-39(65-9)47-45(37)58(56,50(60)69-47)24-26-62(44)34-36-13-14-36/h15-18,35-36,41-44,49-50,63-64H,11-14,19-34H2,1-10H3/t41?,42-,43-,44-,49+,50+,53+,54+,55-,56?,57?,58?,59-,60+/m1/s1. The zero-order valence-corrected chi connectivity index (χ0v) is 44.3. The van der Waals surface area contributed by atoms with Crippen molar-refractivity contribution in [3.05, 3.63) is 46.5 Å². The van der Waals surface area contributed by atoms with Crippen LogP contribution in [0.15, 0.2) is 24.3 Å². The first-order chi connectivity index (χ1) is 33.2. The summed E-state index contributed by atoms with van der Waals surface area (Å²) in [4.78, 5) is 5.77. The molecule has 2 aromatic rings. The average molecular weight is 961 g/mol. The zero-order valence-electron chi connectivity index (χ0n) is 44.3. The van der Waals surface area contributed by atoms with Gasteiger partial charge in [0.25, 0.3) is 0 Å². The number of aliphatic hydroxyl groups is 2. The van der Waals surface area contributed by atoms with Gasteiger partial charge in [-0.15, -0.1) is 0 Å². The van der Waals surface area contributed by atoms with Gasteiger partial charge in [0.05, 0.1) is 24.9 Å². The van der Waals surface area contributed by atoms with Gasteiger partial charge >= 0.3 is 0 Å². The Balaban J connectivity index is 0.823. The van der Waals surface area contributed by atoms with Crippen molar-refractivity contribution in [3.8, 4) is 23.0 Å². The van der Waals surface area contributed by atoms with E-state index in [2.05, 4.69) is 89.5 Å². The van der Waals surface area contributed by atoms with Crippen LogP contribution in [0.25, 0.3) is 0 Å². The van der Waals surface area contributed by atoms with E-state index in [9.17, 15) is 10.2 Å². The summed E-state index contributed by atoms with van der Waals surface area (Å²) in [5.74, 6) is 4.83. The summed E-state index contributed by atoms with van der Waals surface area (Å²) < 4.78 is 43.0. The van der Waals surface area contributed by atoms with E-state index in [1.165, 1.54) is 61.0 Å². The van der Waals surface area contributed by atoms with Gasteiger partial charge in [-0.05, 0) is 163 Å². The maximum atomic E-state index is 13.2. The van der Waals surface area contributed by atoms with Crippen molar-refractivity contribution in [2.24, 2.45) is 45.3 Å². The fourth-order valence-electron chi connectivity index (χ4n) is 19.7. The summed E-state index contributed by atoms with van der Waals surface area (Å²) in [6.45, 7) is 22.6. The van der Waals surface area contributed by atoms with Gasteiger partial charge in [-0.2, -0.15) is 0 Å². The predicted octanol–water partition coefficient (Wildman–Crippen LogP) is 9.19. The van der Waals surface area contributed by atoms with Gasteiger partial charge in [-0.25, -0.2) is 0 Å². The van der Waals surface area contributed by atoms with E-state index < -0.39 is 27.8 Å². The van der Waals surface area contributed by atoms with Crippen LogP contribution in [0.2, 0.25) is 0 Å². The van der Waals surface area contributed by atoms with Gasteiger partial charge in [0.1, 0.15) is 30.0 Å². The number of likely N-dealkylation sites (tertiary alicyclic amines) is 2. The van der Waals surface area contributed by atoms with Crippen LogP contribution in [0.3, 0.4) is 0 Å². The number of benzene rings is 2. The molecule has 2 N–H and O–H groups in total. The molecule has 10 aliphatic carbocycles. The van der Waals surface area contributed by atoms with Crippen LogP contribution in [-0.2, 0) is 33.1 Å². The molecule has 0 radical (unpaired) electrons. The normalized spacial score (nSPS) is 43.1. The Morgan fingerprint density at radius 3 is 1.56 bits per heavy atom. The first-order valence-corrected chi connectivity index (χ1v) is 28.1. The van der Waals surface area contributed by atoms with Crippen molar-refractivity contribution in [1.82, 2.24) is 9.80 Å². The number of hydrogen-bond acceptors (Lipinski definition) is 10. The first kappa shape index (κ1) is 46.0. The molecule has 10 nitrogen and oxygen atoms in total. The SMILES string of the molecule is COc1ccc2c3c1O[C@H]1C34CCN(CC3CC3)[C@H](C2)C42CC[C@]1(OCCOc1ccc3c4c1O[C@H]1C45CCN(CC4CC4)[C@H](C3)[C@]53CC[C@@]1(OC)C([C@](C)(O)C(C)(C)C)C3)[C@@H]([C@](C)(O)C(C)(C)C)C2. The van der Waals surface area contributed by atoms with Crippen LogP contribution >= 0.6 is 0 Å². The highest BCUT2D eigenvalue weighted by molar-refractivity contribution is 5.65. The minimum atomic E-state index is -1.04. The largest absolute Gasteiger partial charge is 0.493 e. The molecule has 2 saturated heterocycles. The van der Waals surface area contributed by atoms with E-state index in [-0.39, 0.29) is 51.1 Å². The molecule has 8 bridgehead atoms. The van der Waals surface area contributed by atoms with Crippen molar-refractivity contribution >= 4 is 0 Å². The Kier molecular flexibility index (Phi) is 9.33. The van der Waals surface area contributed by atoms with Crippen molar-refractivity contribution in [2.75, 3.05) is 53.6 Å². The van der Waals surface area contributed by atoms with Crippen LogP contribution in [0.4, 0.5) is 0 Å². The molecule has 382 valence electrons. The second kappa shape index (κ2) is 14.2. The molecule has 10 heteroatoms. The predicted molar refractivity (Wildman–Crippen MR) is 268 cm³/mol. The molecule has 2 aromatic carbocycles. The maximum absolute atomic E-state index is 13.2. The zero-order chi connectivity index (χ0) is 48.6. The number of ether oxygens (including phenoxy) is 6. The summed E-state index contributed by atoms with van der Waals surface area (Å²) >= 11 is 0. The molecule has 16 rings (SSSR count). The van der Waals surface area contributed by atoms with Crippen molar-refractivity contribution < 1.29 is 38.6 Å². The highest BCUT2D eigenvalue weighted by Crippen LogP contribution is 2.80. The van der Waals surface area contributed by atoms with Crippen LogP contribution in [0.5, 0.6) is 23.0 Å². The second-order valence-electron chi connectivity index (χ2n) is 28.2. The molecule has 0 amide bonds. The van der Waals surface area contributed by atoms with E-state index in [4.69, 9.17) is 28.4 Å². The molecule has 4 aliphatic heterocycles. The van der Waals surface area contributed by atoms with Gasteiger partial charge in [0.2, 0.25) is 0 Å². The van der Waals surface area contributed by atoms with Crippen LogP contribution in [-0.4, -0.2) is 120 Å². The first-order valence-electron chi connectivity index (χ1n) is 28.1. The van der Waals surface area contributed by atoms with E-state index in [0.717, 1.165) is 112 Å². The topological polar surface area (TPSA) is 102 Å². The lowest BCUT2D eigenvalue weighted by atomic mass is 9.33. The Bertz CT molecular complexity index is 2520. The van der Waals surface area contributed by atoms with Crippen LogP contribution < -0.4 is 18.9 Å². The van der Waals surface area contributed by atoms with Gasteiger partial charge < -0.3 is 38.6 Å². The molecule has 4 unspecified atom stereocenters. The van der Waals surface area contributed by atoms with Gasteiger partial charge in [-0.1, -0.05) is 53.7 Å². The summed E-state index contributed by atoms with van der Waals surface area (Å²) in [6, 6.07) is 9.85. The molecule has 14 aliphatic rings. The number of piperidine rings is 2. The third-order valence-electron chi connectivity index (χ3n) is 24.2. The van der Waals surface area contributed by atoms with Crippen molar-refractivity contribution in [1.29, 1.82) is 0 Å². The summed E-state index contributed by atoms with van der Waals surface area (Å²) in [6.07, 6.45) is 14.8. The molecular weight excluding hydrogens is 877 g/mol. The summed E-state index contributed by atoms with van der Waals surface area (Å²) in [5.41, 5.74) is 0.936. The van der Waals surface area contributed by atoms with Gasteiger partial charge in [-0.3, -0.25) is 9.80 Å². The maximum Gasteiger partial charge on any atom is 0.165 e. The molecule has 10 fully saturated rings. The Labute approximate surface area is 418 Å². The Morgan fingerprint density at radius 1 is 0.600 bits per heavy atom. The van der Waals surface area contributed by atoms with E-state index in [0.29, 0.717) is 25.3 Å². The third kappa shape index (κ3) is 5.29. The molecule has 4 heterocycles. The second-order valence-corrected chi connectivity index (χ2v) is 28.2. The Morgan fingerprint density at radius 2 is 1.07 bits per heavy atom. The number of fused-ring (bicyclic) bond motifs is 4. The quantitative estimate of drug-likeness (QED) is 0.189. The molecule has 0 aromatic heterocycles. The molecule has 70 heavy (non-hydrogen) atoms. The summed E-state index contributed by atoms with van der Waals surface area (Å²) in [7, 11) is 3.67. The fourth-order valence-corrected chi connectivity index (χ4v) is 19.7. The number of methoxy groups -OCH3 is 2.